The smallest absolute Gasteiger partial charge is 0.164 e. The first-order valence-corrected chi connectivity index (χ1v) is 5.14. The van der Waals surface area contributed by atoms with E-state index in [0.29, 0.717) is 18.5 Å². The molecular weight excluding hydrogens is 202 g/mol. The van der Waals surface area contributed by atoms with Gasteiger partial charge in [-0.3, -0.25) is 4.79 Å². The van der Waals surface area contributed by atoms with Gasteiger partial charge in [-0.1, -0.05) is 0 Å². The predicted molar refractivity (Wildman–Crippen MR) is 61.6 cm³/mol. The van der Waals surface area contributed by atoms with Crippen LogP contribution in [0.1, 0.15) is 16.8 Å². The Bertz CT molecular complexity index is 460. The molecule has 0 amide bonds. The second-order valence-corrected chi connectivity index (χ2v) is 3.46. The van der Waals surface area contributed by atoms with Gasteiger partial charge in [-0.25, -0.2) is 4.68 Å². The SMILES string of the molecule is NCCC(=O)c1ccc(-n2cccn2)cc1. The first-order chi connectivity index (χ1) is 7.81. The van der Waals surface area contributed by atoms with E-state index in [1.54, 1.807) is 23.0 Å². The molecule has 0 bridgehead atoms. The fraction of sp³-hybridized carbons (Fsp3) is 0.167. The van der Waals surface area contributed by atoms with Gasteiger partial charge in [-0.05, 0) is 36.9 Å². The Labute approximate surface area is 93.7 Å². The first kappa shape index (κ1) is 10.6. The molecule has 0 unspecified atom stereocenters. The minimum Gasteiger partial charge on any atom is -0.330 e. The summed E-state index contributed by atoms with van der Waals surface area (Å²) in [6.07, 6.45) is 3.96. The van der Waals surface area contributed by atoms with E-state index in [9.17, 15) is 4.79 Å². The topological polar surface area (TPSA) is 60.9 Å². The number of Topliss-reactive ketones (excluding diaryl/α,β-unsaturated/α-hetero) is 1. The number of hydrogen-bond donors (Lipinski definition) is 1. The van der Waals surface area contributed by atoms with Crippen molar-refractivity contribution in [3.05, 3.63) is 48.3 Å². The van der Waals surface area contributed by atoms with Gasteiger partial charge in [0.25, 0.3) is 0 Å². The molecule has 0 atom stereocenters. The lowest BCUT2D eigenvalue weighted by Crippen LogP contribution is -2.08. The molecule has 82 valence electrons. The Morgan fingerprint density at radius 1 is 1.31 bits per heavy atom. The summed E-state index contributed by atoms with van der Waals surface area (Å²) in [5.74, 6) is 0.0783. The second kappa shape index (κ2) is 4.72. The van der Waals surface area contributed by atoms with Crippen LogP contribution < -0.4 is 5.73 Å². The van der Waals surface area contributed by atoms with Gasteiger partial charge < -0.3 is 5.73 Å². The molecule has 0 saturated heterocycles. The van der Waals surface area contributed by atoms with Crippen molar-refractivity contribution in [2.75, 3.05) is 6.54 Å². The van der Waals surface area contributed by atoms with Crippen LogP contribution in [0.4, 0.5) is 0 Å². The lowest BCUT2D eigenvalue weighted by molar-refractivity contribution is 0.0985. The second-order valence-electron chi connectivity index (χ2n) is 3.46. The van der Waals surface area contributed by atoms with Crippen LogP contribution in [-0.4, -0.2) is 22.1 Å². The highest BCUT2D eigenvalue weighted by molar-refractivity contribution is 5.96. The van der Waals surface area contributed by atoms with Gasteiger partial charge in [0, 0.05) is 24.4 Å². The molecule has 4 nitrogen and oxygen atoms in total. The summed E-state index contributed by atoms with van der Waals surface area (Å²) < 4.78 is 1.75. The van der Waals surface area contributed by atoms with E-state index in [1.165, 1.54) is 0 Å². The highest BCUT2D eigenvalue weighted by Gasteiger charge is 2.04. The number of rotatable bonds is 4. The van der Waals surface area contributed by atoms with Crippen molar-refractivity contribution in [2.45, 2.75) is 6.42 Å². The van der Waals surface area contributed by atoms with Gasteiger partial charge in [-0.15, -0.1) is 0 Å². The number of aromatic nitrogens is 2. The van der Waals surface area contributed by atoms with Crippen molar-refractivity contribution in [1.29, 1.82) is 0 Å². The van der Waals surface area contributed by atoms with Crippen LogP contribution in [0.25, 0.3) is 5.69 Å². The zero-order valence-corrected chi connectivity index (χ0v) is 8.84. The quantitative estimate of drug-likeness (QED) is 0.784. The maximum Gasteiger partial charge on any atom is 0.164 e. The van der Waals surface area contributed by atoms with Crippen molar-refractivity contribution < 1.29 is 4.79 Å². The minimum atomic E-state index is 0.0783. The molecule has 0 spiro atoms. The fourth-order valence-corrected chi connectivity index (χ4v) is 1.50. The van der Waals surface area contributed by atoms with Crippen LogP contribution >= 0.6 is 0 Å². The zero-order valence-electron chi connectivity index (χ0n) is 8.84. The molecule has 2 rings (SSSR count). The van der Waals surface area contributed by atoms with E-state index in [0.717, 1.165) is 5.69 Å². The summed E-state index contributed by atoms with van der Waals surface area (Å²) in [5.41, 5.74) is 6.97. The standard InChI is InChI=1S/C12H13N3O/c13-7-6-12(16)10-2-4-11(5-3-10)15-9-1-8-14-15/h1-5,8-9H,6-7,13H2. The average molecular weight is 215 g/mol. The number of nitrogens with zero attached hydrogens (tertiary/aromatic N) is 2. The van der Waals surface area contributed by atoms with E-state index < -0.39 is 0 Å². The molecule has 1 heterocycles. The van der Waals surface area contributed by atoms with E-state index in [1.807, 2.05) is 24.4 Å². The zero-order chi connectivity index (χ0) is 11.4. The third-order valence-corrected chi connectivity index (χ3v) is 2.33. The van der Waals surface area contributed by atoms with Crippen LogP contribution in [0.3, 0.4) is 0 Å². The van der Waals surface area contributed by atoms with Gasteiger partial charge >= 0.3 is 0 Å². The van der Waals surface area contributed by atoms with Gasteiger partial charge in [0.2, 0.25) is 0 Å². The number of carbonyl (C=O) groups is 1. The molecule has 0 aliphatic rings. The maximum atomic E-state index is 11.5. The Morgan fingerprint density at radius 3 is 2.62 bits per heavy atom. The Kier molecular flexibility index (Phi) is 3.12. The van der Waals surface area contributed by atoms with Gasteiger partial charge in [0.05, 0.1) is 5.69 Å². The lowest BCUT2D eigenvalue weighted by atomic mass is 10.1. The molecule has 0 radical (unpaired) electrons. The largest absolute Gasteiger partial charge is 0.330 e. The van der Waals surface area contributed by atoms with Crippen molar-refractivity contribution in [1.82, 2.24) is 9.78 Å². The third kappa shape index (κ3) is 2.17. The average Bonchev–Trinajstić information content (AvgIpc) is 2.83. The van der Waals surface area contributed by atoms with Crippen molar-refractivity contribution >= 4 is 5.78 Å². The van der Waals surface area contributed by atoms with E-state index >= 15 is 0 Å². The fourth-order valence-electron chi connectivity index (χ4n) is 1.50. The highest BCUT2D eigenvalue weighted by Crippen LogP contribution is 2.09. The van der Waals surface area contributed by atoms with Crippen molar-refractivity contribution in [3.8, 4) is 5.69 Å². The molecule has 0 saturated carbocycles. The Morgan fingerprint density at radius 2 is 2.06 bits per heavy atom. The molecule has 2 N–H and O–H groups in total. The summed E-state index contributed by atoms with van der Waals surface area (Å²) in [6.45, 7) is 0.389. The number of nitrogens with two attached hydrogens (primary N) is 1. The monoisotopic (exact) mass is 215 g/mol. The van der Waals surface area contributed by atoms with Crippen LogP contribution in [0.2, 0.25) is 0 Å². The molecule has 0 fully saturated rings. The molecule has 1 aromatic carbocycles. The molecular formula is C12H13N3O. The Balaban J connectivity index is 2.20. The van der Waals surface area contributed by atoms with E-state index in [2.05, 4.69) is 5.10 Å². The summed E-state index contributed by atoms with van der Waals surface area (Å²) >= 11 is 0. The normalized spacial score (nSPS) is 10.3. The summed E-state index contributed by atoms with van der Waals surface area (Å²) in [4.78, 5) is 11.5. The third-order valence-electron chi connectivity index (χ3n) is 2.33. The number of hydrogen-bond acceptors (Lipinski definition) is 3. The van der Waals surface area contributed by atoms with Crippen molar-refractivity contribution in [2.24, 2.45) is 5.73 Å². The Hall–Kier alpha value is -1.94. The summed E-state index contributed by atoms with van der Waals surface area (Å²) in [7, 11) is 0. The van der Waals surface area contributed by atoms with Crippen LogP contribution in [-0.2, 0) is 0 Å². The van der Waals surface area contributed by atoms with Gasteiger partial charge in [0.15, 0.2) is 5.78 Å². The van der Waals surface area contributed by atoms with Crippen LogP contribution in [0.15, 0.2) is 42.7 Å². The molecule has 0 aliphatic carbocycles. The molecule has 2 aromatic rings. The number of ketones is 1. The maximum absolute atomic E-state index is 11.5. The predicted octanol–water partition coefficient (Wildman–Crippen LogP) is 1.40. The summed E-state index contributed by atoms with van der Waals surface area (Å²) in [5, 5.41) is 4.11. The van der Waals surface area contributed by atoms with Crippen LogP contribution in [0, 0.1) is 0 Å². The lowest BCUT2D eigenvalue weighted by Gasteiger charge is -2.03. The van der Waals surface area contributed by atoms with Crippen molar-refractivity contribution in [3.63, 3.8) is 0 Å². The molecule has 0 aliphatic heterocycles. The van der Waals surface area contributed by atoms with E-state index in [4.69, 9.17) is 5.73 Å². The molecule has 16 heavy (non-hydrogen) atoms. The highest BCUT2D eigenvalue weighted by atomic mass is 16.1. The van der Waals surface area contributed by atoms with Gasteiger partial charge in [-0.2, -0.15) is 5.10 Å². The molecule has 1 aromatic heterocycles. The first-order valence-electron chi connectivity index (χ1n) is 5.14. The number of carbonyl (C=O) groups excluding carboxylic acids is 1. The van der Waals surface area contributed by atoms with E-state index in [-0.39, 0.29) is 5.78 Å². The minimum absolute atomic E-state index is 0.0783. The number of benzene rings is 1. The molecule has 4 heteroatoms. The summed E-state index contributed by atoms with van der Waals surface area (Å²) in [6, 6.07) is 9.20. The van der Waals surface area contributed by atoms with Crippen LogP contribution in [0.5, 0.6) is 0 Å². The van der Waals surface area contributed by atoms with Gasteiger partial charge in [0.1, 0.15) is 0 Å².